The summed E-state index contributed by atoms with van der Waals surface area (Å²) in [6.45, 7) is 0. The zero-order valence-electron chi connectivity index (χ0n) is 6.04. The summed E-state index contributed by atoms with van der Waals surface area (Å²) in [6.07, 6.45) is 0. The average molecular weight is 403 g/mol. The fourth-order valence-electron chi connectivity index (χ4n) is 0. The maximum atomic E-state index is 9.88. The maximum absolute atomic E-state index is 10.8. The first-order valence-corrected chi connectivity index (χ1v) is 6.80. The summed E-state index contributed by atoms with van der Waals surface area (Å²) in [5.74, 6) is 0. The van der Waals surface area contributed by atoms with Crippen molar-refractivity contribution in [2.75, 3.05) is 0 Å². The summed E-state index contributed by atoms with van der Waals surface area (Å²) >= 11 is 0. The van der Waals surface area contributed by atoms with Gasteiger partial charge >= 0.3 is 90.5 Å². The van der Waals surface area contributed by atoms with Gasteiger partial charge in [0.2, 0.25) is 0 Å². The van der Waals surface area contributed by atoms with Crippen LogP contribution < -0.4 is 0 Å². The van der Waals surface area contributed by atoms with Crippen LogP contribution in [0, 0.1) is 0 Å². The molecule has 0 spiro atoms. The average Bonchev–Trinajstić information content (AvgIpc) is 0.938. The van der Waals surface area contributed by atoms with Gasteiger partial charge < -0.3 is 0 Å². The molecule has 0 nitrogen and oxygen atoms in total. The molecule has 0 aromatic rings. The topological polar surface area (TPSA) is 0 Å². The number of hydrogen-bond acceptors (Lipinski definition) is 0. The summed E-state index contributed by atoms with van der Waals surface area (Å²) < 4.78 is 119. The molecule has 0 N–H and O–H groups in total. The Bertz CT molecular complexity index is 161. The zero-order valence-corrected chi connectivity index (χ0v) is 10.9. The summed E-state index contributed by atoms with van der Waals surface area (Å²) in [5, 5.41) is 0. The standard InChI is InChI=1S/2F6Si.Sn/c2*1-7(2,3,4,5)6;/q2*-2;+4. The van der Waals surface area contributed by atoms with Crippen molar-refractivity contribution in [1.29, 1.82) is 0 Å². The molecular formula is F12Si2Sn. The van der Waals surface area contributed by atoms with E-state index >= 15 is 0 Å². The molecule has 0 unspecified atom stereocenters. The van der Waals surface area contributed by atoms with E-state index in [1.807, 2.05) is 0 Å². The van der Waals surface area contributed by atoms with Crippen molar-refractivity contribution in [3.05, 3.63) is 0 Å². The fraction of sp³-hybridized carbons (Fsp3) is 0. The Morgan fingerprint density at radius 1 is 0.333 bits per heavy atom. The smallest absolute Gasteiger partial charge is 4.00 e. The summed E-state index contributed by atoms with van der Waals surface area (Å²) in [4.78, 5) is 0. The molecule has 0 aromatic carbocycles. The molecule has 0 saturated heterocycles. The normalized spacial score (nSPS) is 21.6. The Balaban J connectivity index is -0.000000180. The van der Waals surface area contributed by atoms with Gasteiger partial charge in [-0.15, -0.1) is 0 Å². The first kappa shape index (κ1) is 20.8. The van der Waals surface area contributed by atoms with E-state index in [2.05, 4.69) is 0 Å². The zero-order chi connectivity index (χ0) is 12.8. The Labute approximate surface area is 90.9 Å². The second kappa shape index (κ2) is 2.79. The predicted octanol–water partition coefficient (Wildman–Crippen LogP) is 3.90. The largest absolute Gasteiger partial charge is 4.00 e. The minimum Gasteiger partial charge on any atom is 4.00 e. The van der Waals surface area contributed by atoms with E-state index in [4.69, 9.17) is 0 Å². The number of halogens is 12. The maximum Gasteiger partial charge on any atom is 4.00 e. The first-order chi connectivity index (χ1) is 4.90. The van der Waals surface area contributed by atoms with Gasteiger partial charge in [0.25, 0.3) is 0 Å². The summed E-state index contributed by atoms with van der Waals surface area (Å²) in [7, 11) is -21.7. The third kappa shape index (κ3) is 14300. The number of hydrogen-bond donors (Lipinski definition) is 0. The van der Waals surface area contributed by atoms with Crippen LogP contribution in [-0.2, 0) is 0 Å². The predicted molar refractivity (Wildman–Crippen MR) is 30.6 cm³/mol. The molecule has 0 bridgehead atoms. The fourth-order valence-corrected chi connectivity index (χ4v) is 0. The molecule has 0 heterocycles. The molecule has 0 saturated carbocycles. The van der Waals surface area contributed by atoms with Gasteiger partial charge in [0.1, 0.15) is 0 Å². The van der Waals surface area contributed by atoms with Gasteiger partial charge in [-0.2, -0.15) is 0 Å². The van der Waals surface area contributed by atoms with E-state index in [9.17, 15) is 49.3 Å². The van der Waals surface area contributed by atoms with Crippen molar-refractivity contribution < 1.29 is 49.3 Å². The van der Waals surface area contributed by atoms with Gasteiger partial charge in [-0.1, -0.05) is 0 Å². The van der Waals surface area contributed by atoms with Crippen LogP contribution >= 0.6 is 0 Å². The van der Waals surface area contributed by atoms with Gasteiger partial charge in [0, 0.05) is 0 Å². The molecule has 96 valence electrons. The molecule has 0 aromatic heterocycles. The molecule has 0 atom stereocenters. The number of rotatable bonds is 0. The van der Waals surface area contributed by atoms with Crippen LogP contribution in [0.4, 0.5) is 49.3 Å². The molecule has 0 amide bonds. The van der Waals surface area contributed by atoms with Gasteiger partial charge in [0.05, 0.1) is 0 Å². The third-order valence-electron chi connectivity index (χ3n) is 0. The monoisotopic (exact) mass is 404 g/mol. The third-order valence-corrected chi connectivity index (χ3v) is 0. The molecule has 0 radical (unpaired) electrons. The molecule has 0 aliphatic heterocycles. The first-order valence-electron chi connectivity index (χ1n) is 2.27. The van der Waals surface area contributed by atoms with E-state index in [1.54, 1.807) is 0 Å². The van der Waals surface area contributed by atoms with Crippen molar-refractivity contribution in [2.24, 2.45) is 0 Å². The summed E-state index contributed by atoms with van der Waals surface area (Å²) in [6, 6.07) is 0. The van der Waals surface area contributed by atoms with Gasteiger partial charge in [-0.3, -0.25) is 0 Å². The van der Waals surface area contributed by atoms with Crippen molar-refractivity contribution in [1.82, 2.24) is 0 Å². The van der Waals surface area contributed by atoms with Crippen LogP contribution in [0.2, 0.25) is 0 Å². The van der Waals surface area contributed by atoms with E-state index in [0.29, 0.717) is 0 Å². The molecular weight excluding hydrogens is 403 g/mol. The van der Waals surface area contributed by atoms with Crippen LogP contribution in [0.25, 0.3) is 0 Å². The minimum absolute atomic E-state index is 0. The van der Waals surface area contributed by atoms with E-state index < -0.39 is 17.3 Å². The van der Waals surface area contributed by atoms with Crippen LogP contribution in [0.5, 0.6) is 0 Å². The van der Waals surface area contributed by atoms with Crippen LogP contribution in [0.15, 0.2) is 0 Å². The van der Waals surface area contributed by atoms with Gasteiger partial charge in [-0.25, -0.2) is 0 Å². The summed E-state index contributed by atoms with van der Waals surface area (Å²) in [5.41, 5.74) is 0. The SMILES string of the molecule is F[Si-2](F)(F)(F)(F)F.F[Si-2](F)(F)(F)(F)F.[Sn+4]. The molecule has 15 heavy (non-hydrogen) atoms. The second-order valence-corrected chi connectivity index (χ2v) is 6.43. The quantitative estimate of drug-likeness (QED) is 0.327. The molecule has 0 aliphatic rings. The van der Waals surface area contributed by atoms with Crippen molar-refractivity contribution >= 4 is 41.2 Å². The molecule has 0 aliphatic carbocycles. The Morgan fingerprint density at radius 3 is 0.333 bits per heavy atom. The Kier molecular flexibility index (Phi) is 3.87. The Morgan fingerprint density at radius 2 is 0.333 bits per heavy atom. The van der Waals surface area contributed by atoms with Gasteiger partial charge in [-0.05, 0) is 0 Å². The van der Waals surface area contributed by atoms with Gasteiger partial charge in [0.15, 0.2) is 0 Å². The Hall–Kier alpha value is 0.392. The van der Waals surface area contributed by atoms with Crippen LogP contribution in [0.3, 0.4) is 0 Å². The minimum atomic E-state index is -10.8. The molecule has 0 fully saturated rings. The van der Waals surface area contributed by atoms with E-state index in [-0.39, 0.29) is 23.9 Å². The van der Waals surface area contributed by atoms with Crippen LogP contribution in [-0.4, -0.2) is 41.2 Å². The van der Waals surface area contributed by atoms with E-state index in [1.165, 1.54) is 0 Å². The van der Waals surface area contributed by atoms with Crippen molar-refractivity contribution in [3.63, 3.8) is 0 Å². The van der Waals surface area contributed by atoms with Crippen molar-refractivity contribution in [2.45, 2.75) is 0 Å². The van der Waals surface area contributed by atoms with E-state index in [0.717, 1.165) is 0 Å². The molecule has 15 heteroatoms. The second-order valence-electron chi connectivity index (χ2n) is 2.14. The van der Waals surface area contributed by atoms with Crippen LogP contribution in [0.1, 0.15) is 0 Å². The molecule has 0 rings (SSSR count). The van der Waals surface area contributed by atoms with Crippen molar-refractivity contribution in [3.8, 4) is 0 Å².